The van der Waals surface area contributed by atoms with Gasteiger partial charge in [-0.15, -0.1) is 0 Å². The summed E-state index contributed by atoms with van der Waals surface area (Å²) < 4.78 is 0. The normalized spacial score (nSPS) is 25.3. The summed E-state index contributed by atoms with van der Waals surface area (Å²) in [6.07, 6.45) is 8.56. The summed E-state index contributed by atoms with van der Waals surface area (Å²) in [4.78, 5) is 9.40. The first-order valence-corrected chi connectivity index (χ1v) is 7.66. The van der Waals surface area contributed by atoms with Crippen LogP contribution < -0.4 is 5.32 Å². The van der Waals surface area contributed by atoms with Gasteiger partial charge in [-0.2, -0.15) is 0 Å². The monoisotopic (exact) mass is 261 g/mol. The third-order valence-electron chi connectivity index (χ3n) is 4.72. The molecule has 0 spiro atoms. The second-order valence-corrected chi connectivity index (χ2v) is 5.91. The molecule has 1 aromatic rings. The van der Waals surface area contributed by atoms with Crippen molar-refractivity contribution in [2.75, 3.05) is 7.05 Å². The minimum Gasteiger partial charge on any atom is -0.313 e. The maximum absolute atomic E-state index is 4.77. The second-order valence-electron chi connectivity index (χ2n) is 5.91. The third kappa shape index (κ3) is 3.33. The molecule has 0 aliphatic heterocycles. The van der Waals surface area contributed by atoms with E-state index in [0.29, 0.717) is 12.0 Å². The molecule has 106 valence electrons. The molecule has 1 aromatic heterocycles. The Kier molecular flexibility index (Phi) is 4.92. The van der Waals surface area contributed by atoms with Crippen LogP contribution in [0.2, 0.25) is 0 Å². The van der Waals surface area contributed by atoms with E-state index in [2.05, 4.69) is 31.1 Å². The molecular formula is C16H27N3. The van der Waals surface area contributed by atoms with Gasteiger partial charge in [0.25, 0.3) is 0 Å². The number of aromatic nitrogens is 2. The number of aryl methyl sites for hydroxylation is 1. The van der Waals surface area contributed by atoms with Gasteiger partial charge in [-0.05, 0) is 52.5 Å². The molecule has 1 aliphatic rings. The van der Waals surface area contributed by atoms with Crippen LogP contribution in [0.25, 0.3) is 0 Å². The topological polar surface area (TPSA) is 37.8 Å². The number of hydrogen-bond donors (Lipinski definition) is 1. The number of rotatable bonds is 4. The Morgan fingerprint density at radius 2 is 2.00 bits per heavy atom. The van der Waals surface area contributed by atoms with Crippen molar-refractivity contribution >= 4 is 0 Å². The molecule has 1 N–H and O–H groups in total. The zero-order valence-corrected chi connectivity index (χ0v) is 12.7. The van der Waals surface area contributed by atoms with Crippen molar-refractivity contribution < 1.29 is 0 Å². The highest BCUT2D eigenvalue weighted by Gasteiger charge is 2.23. The van der Waals surface area contributed by atoms with Crippen LogP contribution >= 0.6 is 0 Å². The predicted molar refractivity (Wildman–Crippen MR) is 79.2 cm³/mol. The summed E-state index contributed by atoms with van der Waals surface area (Å²) in [5.41, 5.74) is 2.35. The molecule has 1 saturated carbocycles. The third-order valence-corrected chi connectivity index (χ3v) is 4.72. The highest BCUT2D eigenvalue weighted by molar-refractivity contribution is 5.20. The molecule has 0 radical (unpaired) electrons. The van der Waals surface area contributed by atoms with E-state index in [1.54, 1.807) is 0 Å². The number of nitrogens with zero attached hydrogens (tertiary/aromatic N) is 2. The zero-order chi connectivity index (χ0) is 13.8. The van der Waals surface area contributed by atoms with Crippen molar-refractivity contribution in [1.29, 1.82) is 0 Å². The lowest BCUT2D eigenvalue weighted by Gasteiger charge is -2.27. The van der Waals surface area contributed by atoms with Crippen molar-refractivity contribution in [2.45, 2.75) is 64.8 Å². The molecule has 1 aliphatic carbocycles. The van der Waals surface area contributed by atoms with Crippen LogP contribution in [0.3, 0.4) is 0 Å². The Labute approximate surface area is 117 Å². The molecule has 1 heterocycles. The first-order chi connectivity index (χ1) is 9.15. The molecule has 1 unspecified atom stereocenters. The molecule has 0 bridgehead atoms. The van der Waals surface area contributed by atoms with E-state index in [0.717, 1.165) is 17.4 Å². The first kappa shape index (κ1) is 14.4. The Morgan fingerprint density at radius 3 is 2.53 bits per heavy atom. The van der Waals surface area contributed by atoms with Crippen LogP contribution in [0.1, 0.15) is 75.0 Å². The van der Waals surface area contributed by atoms with Crippen LogP contribution in [-0.2, 0) is 0 Å². The van der Waals surface area contributed by atoms with E-state index in [4.69, 9.17) is 4.98 Å². The number of nitrogens with one attached hydrogen (secondary N) is 1. The maximum atomic E-state index is 4.77. The van der Waals surface area contributed by atoms with Crippen LogP contribution in [-0.4, -0.2) is 17.0 Å². The molecule has 3 nitrogen and oxygen atoms in total. The Balaban J connectivity index is 2.08. The molecule has 0 aromatic carbocycles. The largest absolute Gasteiger partial charge is 0.313 e. The second kappa shape index (κ2) is 6.47. The fourth-order valence-electron chi connectivity index (χ4n) is 3.10. The van der Waals surface area contributed by atoms with Crippen LogP contribution in [0.15, 0.2) is 6.20 Å². The first-order valence-electron chi connectivity index (χ1n) is 7.66. The van der Waals surface area contributed by atoms with Crippen molar-refractivity contribution in [1.82, 2.24) is 15.3 Å². The molecule has 3 heteroatoms. The smallest absolute Gasteiger partial charge is 0.131 e. The molecule has 0 saturated heterocycles. The Bertz CT molecular complexity index is 408. The van der Waals surface area contributed by atoms with E-state index in [9.17, 15) is 0 Å². The Hall–Kier alpha value is -0.960. The summed E-state index contributed by atoms with van der Waals surface area (Å²) in [6, 6.07) is 0.324. The summed E-state index contributed by atoms with van der Waals surface area (Å²) in [5, 5.41) is 3.25. The van der Waals surface area contributed by atoms with Crippen LogP contribution in [0.5, 0.6) is 0 Å². The average molecular weight is 261 g/mol. The molecular weight excluding hydrogens is 234 g/mol. The highest BCUT2D eigenvalue weighted by atomic mass is 14.9. The van der Waals surface area contributed by atoms with Crippen molar-refractivity contribution in [3.8, 4) is 0 Å². The number of hydrogen-bond acceptors (Lipinski definition) is 3. The van der Waals surface area contributed by atoms with E-state index in [1.807, 2.05) is 13.2 Å². The quantitative estimate of drug-likeness (QED) is 0.897. The van der Waals surface area contributed by atoms with Gasteiger partial charge in [-0.25, -0.2) is 9.97 Å². The zero-order valence-electron chi connectivity index (χ0n) is 12.7. The van der Waals surface area contributed by atoms with Gasteiger partial charge in [-0.3, -0.25) is 0 Å². The van der Waals surface area contributed by atoms with Crippen molar-refractivity contribution in [2.24, 2.45) is 5.92 Å². The fraction of sp³-hybridized carbons (Fsp3) is 0.750. The van der Waals surface area contributed by atoms with Gasteiger partial charge in [0, 0.05) is 29.4 Å². The fourth-order valence-corrected chi connectivity index (χ4v) is 3.10. The van der Waals surface area contributed by atoms with Gasteiger partial charge in [0.15, 0.2) is 0 Å². The van der Waals surface area contributed by atoms with E-state index in [-0.39, 0.29) is 0 Å². The highest BCUT2D eigenvalue weighted by Crippen LogP contribution is 2.35. The Morgan fingerprint density at radius 1 is 1.32 bits per heavy atom. The van der Waals surface area contributed by atoms with Gasteiger partial charge in [0.05, 0.1) is 0 Å². The summed E-state index contributed by atoms with van der Waals surface area (Å²) in [5.74, 6) is 2.58. The molecule has 19 heavy (non-hydrogen) atoms. The standard InChI is InChI=1S/C16H27N3/c1-5-13-6-8-14(9-7-13)16-18-10-15(11(2)17-4)12(3)19-16/h10-11,13-14,17H,5-9H2,1-4H3. The lowest BCUT2D eigenvalue weighted by atomic mass is 9.80. The van der Waals surface area contributed by atoms with E-state index >= 15 is 0 Å². The predicted octanol–water partition coefficient (Wildman–Crippen LogP) is 3.75. The molecule has 1 fully saturated rings. The van der Waals surface area contributed by atoms with Crippen molar-refractivity contribution in [3.05, 3.63) is 23.3 Å². The van der Waals surface area contributed by atoms with Gasteiger partial charge in [0.2, 0.25) is 0 Å². The minimum atomic E-state index is 0.324. The summed E-state index contributed by atoms with van der Waals surface area (Å²) >= 11 is 0. The summed E-state index contributed by atoms with van der Waals surface area (Å²) in [7, 11) is 1.98. The minimum absolute atomic E-state index is 0.324. The van der Waals surface area contributed by atoms with Crippen LogP contribution in [0.4, 0.5) is 0 Å². The summed E-state index contributed by atoms with van der Waals surface area (Å²) in [6.45, 7) is 6.56. The van der Waals surface area contributed by atoms with Gasteiger partial charge in [0.1, 0.15) is 5.82 Å². The van der Waals surface area contributed by atoms with E-state index in [1.165, 1.54) is 37.7 Å². The SMILES string of the molecule is CCC1CCC(c2ncc(C(C)NC)c(C)n2)CC1. The van der Waals surface area contributed by atoms with Gasteiger partial charge >= 0.3 is 0 Å². The van der Waals surface area contributed by atoms with Crippen LogP contribution in [0, 0.1) is 12.8 Å². The van der Waals surface area contributed by atoms with Gasteiger partial charge in [-0.1, -0.05) is 13.3 Å². The van der Waals surface area contributed by atoms with Crippen molar-refractivity contribution in [3.63, 3.8) is 0 Å². The van der Waals surface area contributed by atoms with Gasteiger partial charge < -0.3 is 5.32 Å². The molecule has 1 atom stereocenters. The average Bonchev–Trinajstić information content (AvgIpc) is 2.46. The molecule has 2 rings (SSSR count). The molecule has 0 amide bonds. The van der Waals surface area contributed by atoms with E-state index < -0.39 is 0 Å². The lowest BCUT2D eigenvalue weighted by molar-refractivity contribution is 0.311. The maximum Gasteiger partial charge on any atom is 0.131 e. The lowest BCUT2D eigenvalue weighted by Crippen LogP contribution is -2.18.